The molecular weight excluding hydrogens is 1880 g/mol. The van der Waals surface area contributed by atoms with Gasteiger partial charge in [-0.1, -0.05) is 91.0 Å². The second-order valence-corrected chi connectivity index (χ2v) is 34.6. The molecule has 0 unspecified atom stereocenters. The molecule has 0 radical (unpaired) electrons. The van der Waals surface area contributed by atoms with Crippen molar-refractivity contribution >= 4 is 69.6 Å². The van der Waals surface area contributed by atoms with E-state index < -0.39 is 120 Å². The molecule has 0 bridgehead atoms. The van der Waals surface area contributed by atoms with Gasteiger partial charge in [0.15, 0.2) is 22.8 Å². The zero-order chi connectivity index (χ0) is 105. The summed E-state index contributed by atoms with van der Waals surface area (Å²) in [5.41, 5.74) is 26.7. The monoisotopic (exact) mass is 1990 g/mol. The lowest BCUT2D eigenvalue weighted by Gasteiger charge is -2.32. The van der Waals surface area contributed by atoms with Crippen LogP contribution in [-0.2, 0) is 123 Å². The number of rotatable bonds is 21. The van der Waals surface area contributed by atoms with Gasteiger partial charge in [-0.15, -0.1) is 0 Å². The number of ether oxygens (including phenoxy) is 6. The number of nitrogens with one attached hydrogen (secondary N) is 6. The second-order valence-electron chi connectivity index (χ2n) is 34.6. The van der Waals surface area contributed by atoms with E-state index >= 15 is 0 Å². The standard InChI is InChI=1S/C26H27FN4O5.C24H25FN4O4.C19H21FN4O5.C17H19FN4O4.C7H9FN2.C7H5FN2/c1-16(32)29-20-13-19(27)10-9-18(20)14-28-23(33)21-22(35-15-17-7-5-4-6-8-17)24(34)31-11-12-36-26(2,3)25(31)30-21;1-24(2)23-28-19(21(30)27-13-16-8-9-17(25)12-18(16)26)20(22(31)29(23)10-11-33-24)32-14-15-6-4-3-5-7-15;1-10(25)22-13-8-12(20)5-4-11(13)9-21-16(27)14-15(26)17(28)24-6-7-29-19(2,3)18(24)23-14;1-17(2)16-21-12(13(23)15(25)22(16)5-6-26-17)14(24)20-8-9-3-4-10(18)7-11(9)19;2*8-6-2-1-5(4-9)7(10)3-6/h4-10,13H,11-12,14-15H2,1-3H3,(H,28,33)(H,29,32);3-9,12H,10-11,13-14,26H2,1-2H3,(H,27,30);4-5,8,26H,6-7,9H2,1-3H3,(H,21,27)(H,22,25);3-4,7,23H,5-6,8,19H2,1-2H3,(H,20,24);1-3H,4,9-10H2;1-3H,10H2. The number of carbonyl (C=O) groups is 6. The number of aromatic nitrogens is 8. The number of hydrogen-bond donors (Lipinski definition) is 13. The molecule has 8 aromatic carbocycles. The van der Waals surface area contributed by atoms with Crippen LogP contribution in [0.25, 0.3) is 0 Å². The highest BCUT2D eigenvalue weighted by Gasteiger charge is 2.40. The molecule has 0 saturated heterocycles. The molecule has 4 aliphatic rings. The Labute approximate surface area is 819 Å². The first kappa shape index (κ1) is 108. The molecule has 0 aliphatic carbocycles. The Kier molecular flexibility index (Phi) is 35.3. The Morgan fingerprint density at radius 2 is 0.660 bits per heavy atom. The van der Waals surface area contributed by atoms with Crippen molar-refractivity contribution in [2.24, 2.45) is 5.73 Å². The Bertz CT molecular complexity index is 7140. The highest BCUT2D eigenvalue weighted by atomic mass is 19.1. The maximum atomic E-state index is 13.7. The molecular formula is C100H106F6N20O18. The first-order valence-corrected chi connectivity index (χ1v) is 44.6. The predicted octanol–water partition coefficient (Wildman–Crippen LogP) is 10.1. The van der Waals surface area contributed by atoms with Gasteiger partial charge in [0.25, 0.3) is 45.9 Å². The number of aromatic hydroxyl groups is 2. The first-order valence-electron chi connectivity index (χ1n) is 44.6. The summed E-state index contributed by atoms with van der Waals surface area (Å²) < 4.78 is 118. The predicted molar refractivity (Wildman–Crippen MR) is 517 cm³/mol. The van der Waals surface area contributed by atoms with E-state index in [-0.39, 0.29) is 146 Å². The van der Waals surface area contributed by atoms with Gasteiger partial charge >= 0.3 is 0 Å². The van der Waals surface area contributed by atoms with E-state index in [4.69, 9.17) is 62.4 Å². The number of nitrogens with zero attached hydrogens (tertiary/aromatic N) is 9. The molecule has 6 amide bonds. The van der Waals surface area contributed by atoms with Crippen LogP contribution in [0.2, 0.25) is 0 Å². The van der Waals surface area contributed by atoms with Gasteiger partial charge < -0.3 is 99.2 Å². The minimum Gasteiger partial charge on any atom is -0.501 e. The van der Waals surface area contributed by atoms with Crippen LogP contribution in [0, 0.1) is 46.2 Å². The number of nitrogen functional groups attached to an aromatic ring is 4. The Balaban J connectivity index is 0.000000172. The summed E-state index contributed by atoms with van der Waals surface area (Å²) in [4.78, 5) is 143. The smallest absolute Gasteiger partial charge is 0.296 e. The summed E-state index contributed by atoms with van der Waals surface area (Å²) >= 11 is 0. The minimum atomic E-state index is -0.907. The fourth-order valence-corrected chi connectivity index (χ4v) is 14.9. The molecule has 38 nitrogen and oxygen atoms in total. The Morgan fingerprint density at radius 1 is 0.389 bits per heavy atom. The lowest BCUT2D eigenvalue weighted by Crippen LogP contribution is -2.43. The average Bonchev–Trinajstić information content (AvgIpc) is 0.762. The highest BCUT2D eigenvalue weighted by Crippen LogP contribution is 2.34. The van der Waals surface area contributed by atoms with Gasteiger partial charge in [-0.25, -0.2) is 46.3 Å². The van der Waals surface area contributed by atoms with Gasteiger partial charge in [-0.05, 0) is 173 Å². The molecule has 0 atom stereocenters. The number of carbonyl (C=O) groups excluding carboxylic acids is 6. The maximum absolute atomic E-state index is 13.7. The zero-order valence-electron chi connectivity index (χ0n) is 79.9. The van der Waals surface area contributed by atoms with Crippen molar-refractivity contribution in [3.05, 3.63) is 337 Å². The van der Waals surface area contributed by atoms with E-state index in [2.05, 4.69) is 51.8 Å². The van der Waals surface area contributed by atoms with E-state index in [0.717, 1.165) is 34.9 Å². The quantitative estimate of drug-likeness (QED) is 0.0235. The van der Waals surface area contributed by atoms with Crippen LogP contribution in [0.4, 0.5) is 60.5 Å². The number of nitrogens with two attached hydrogens (primary N) is 5. The van der Waals surface area contributed by atoms with Crippen molar-refractivity contribution in [2.45, 2.75) is 164 Å². The zero-order valence-corrected chi connectivity index (χ0v) is 79.9. The Morgan fingerprint density at radius 3 is 0.958 bits per heavy atom. The summed E-state index contributed by atoms with van der Waals surface area (Å²) in [5, 5.41) is 44.2. The summed E-state index contributed by atoms with van der Waals surface area (Å²) in [6, 6.07) is 43.6. The number of nitriles is 1. The molecule has 0 saturated carbocycles. The van der Waals surface area contributed by atoms with Gasteiger partial charge in [-0.3, -0.25) is 66.2 Å². The van der Waals surface area contributed by atoms with Gasteiger partial charge in [-0.2, -0.15) is 5.26 Å². The van der Waals surface area contributed by atoms with Gasteiger partial charge in [0.2, 0.25) is 34.8 Å². The number of anilines is 6. The molecule has 8 heterocycles. The first-order chi connectivity index (χ1) is 68.2. The van der Waals surface area contributed by atoms with Crippen molar-refractivity contribution in [2.75, 3.05) is 60.0 Å². The molecule has 18 N–H and O–H groups in total. The van der Waals surface area contributed by atoms with Crippen LogP contribution in [0.5, 0.6) is 23.0 Å². The fraction of sp³-hybridized carbons (Fsp3) is 0.290. The van der Waals surface area contributed by atoms with Crippen LogP contribution in [0.1, 0.15) is 179 Å². The number of fused-ring (bicyclic) bond motifs is 4. The van der Waals surface area contributed by atoms with Crippen molar-refractivity contribution in [1.29, 1.82) is 5.26 Å². The van der Waals surface area contributed by atoms with E-state index in [1.54, 1.807) is 61.5 Å². The normalized spacial score (nSPS) is 13.8. The van der Waals surface area contributed by atoms with Crippen LogP contribution >= 0.6 is 0 Å². The third-order valence-electron chi connectivity index (χ3n) is 22.3. The summed E-state index contributed by atoms with van der Waals surface area (Å²) in [7, 11) is 0. The van der Waals surface area contributed by atoms with Gasteiger partial charge in [0.1, 0.15) is 99.9 Å². The van der Waals surface area contributed by atoms with Crippen molar-refractivity contribution in [1.82, 2.24) is 59.5 Å². The molecule has 144 heavy (non-hydrogen) atoms. The molecule has 12 aromatic rings. The average molecular weight is 1990 g/mol. The SMILES string of the molecule is CC(=O)Nc1cc(F)ccc1CNC(=O)c1nc2n(c(=O)c1O)CCOC2(C)C.CC(=O)Nc1cc(F)ccc1CNC(=O)c1nc2n(c(=O)c1OCc1ccccc1)CCOC2(C)C.CC1(C)OCCn2c1nc(C(=O)NCc1ccc(F)cc1N)c(O)c2=O.CC1(C)OCCn2c1nc(C(=O)NCc1ccc(F)cc1N)c(OCc1ccccc1)c2=O.N#Cc1ccc(F)cc1N.NCc1ccc(F)cc1N. The largest absolute Gasteiger partial charge is 0.501 e. The van der Waals surface area contributed by atoms with E-state index in [0.29, 0.717) is 78.1 Å². The molecule has 0 fully saturated rings. The van der Waals surface area contributed by atoms with Crippen LogP contribution in [-0.4, -0.2) is 110 Å². The molecule has 0 spiro atoms. The topological polar surface area (TPSA) is 564 Å². The van der Waals surface area contributed by atoms with E-state index in [9.17, 15) is 84.5 Å². The van der Waals surface area contributed by atoms with Gasteiger partial charge in [0, 0.05) is 75.0 Å². The van der Waals surface area contributed by atoms with Crippen molar-refractivity contribution in [3.63, 3.8) is 0 Å². The van der Waals surface area contributed by atoms with Crippen molar-refractivity contribution < 1.29 is 93.7 Å². The number of hydrogen-bond acceptors (Lipinski definition) is 28. The molecule has 44 heteroatoms. The maximum Gasteiger partial charge on any atom is 0.296 e. The second kappa shape index (κ2) is 47.1. The van der Waals surface area contributed by atoms with E-state index in [1.165, 1.54) is 117 Å². The lowest BCUT2D eigenvalue weighted by atomic mass is 10.1. The highest BCUT2D eigenvalue weighted by molar-refractivity contribution is 5.97. The number of benzene rings is 8. The summed E-state index contributed by atoms with van der Waals surface area (Å²) in [5.74, 6) is -6.97. The fourth-order valence-electron chi connectivity index (χ4n) is 14.9. The molecule has 4 aromatic heterocycles. The number of amides is 6. The molecule has 4 aliphatic heterocycles. The number of halogens is 6. The van der Waals surface area contributed by atoms with Crippen LogP contribution in [0.3, 0.4) is 0 Å². The molecule has 16 rings (SSSR count). The molecule has 756 valence electrons. The Hall–Kier alpha value is -16.6. The lowest BCUT2D eigenvalue weighted by molar-refractivity contribution is -0.115. The van der Waals surface area contributed by atoms with Gasteiger partial charge in [0.05, 0.1) is 63.9 Å². The summed E-state index contributed by atoms with van der Waals surface area (Å²) in [6.07, 6.45) is 0. The van der Waals surface area contributed by atoms with Crippen LogP contribution < -0.4 is 92.3 Å². The van der Waals surface area contributed by atoms with Crippen molar-refractivity contribution in [3.8, 4) is 29.1 Å². The third kappa shape index (κ3) is 27.1. The summed E-state index contributed by atoms with van der Waals surface area (Å²) in [6.45, 7) is 19.3. The third-order valence-corrected chi connectivity index (χ3v) is 22.3. The van der Waals surface area contributed by atoms with E-state index in [1.807, 2.05) is 66.7 Å². The minimum absolute atomic E-state index is 0.00955. The van der Waals surface area contributed by atoms with Crippen LogP contribution in [0.15, 0.2) is 189 Å².